The molecule has 0 saturated carbocycles. The highest BCUT2D eigenvalue weighted by Gasteiger charge is 2.15. The molecule has 4 rings (SSSR count). The third-order valence-corrected chi connectivity index (χ3v) is 4.82. The van der Waals surface area contributed by atoms with Crippen LogP contribution in [0, 0.1) is 0 Å². The Morgan fingerprint density at radius 3 is 2.68 bits per heavy atom. The maximum Gasteiger partial charge on any atom is 0.407 e. The number of rotatable bonds is 6. The molecule has 4 heterocycles. The fraction of sp³-hybridized carbons (Fsp3) is 0.292. The van der Waals surface area contributed by atoms with Crippen LogP contribution in [0.4, 0.5) is 10.6 Å². The SMILES string of the molecule is CC(C)(C)OC(=O)NCCc1ccc2nc(CC(=O)Nc3cc(=O)n4ccccc4n3)cn2c1. The molecule has 0 aliphatic heterocycles. The third-order valence-electron chi connectivity index (χ3n) is 4.82. The lowest BCUT2D eigenvalue weighted by Crippen LogP contribution is -2.33. The summed E-state index contributed by atoms with van der Waals surface area (Å²) >= 11 is 0. The Balaban J connectivity index is 1.37. The van der Waals surface area contributed by atoms with Crippen molar-refractivity contribution < 1.29 is 14.3 Å². The monoisotopic (exact) mass is 462 g/mol. The number of ether oxygens (including phenoxy) is 1. The summed E-state index contributed by atoms with van der Waals surface area (Å²) in [5.41, 5.74) is 1.92. The van der Waals surface area contributed by atoms with Gasteiger partial charge in [0.1, 0.15) is 22.7 Å². The summed E-state index contributed by atoms with van der Waals surface area (Å²) in [6, 6.07) is 10.3. The van der Waals surface area contributed by atoms with Gasteiger partial charge in [0.25, 0.3) is 5.56 Å². The zero-order valence-electron chi connectivity index (χ0n) is 19.2. The maximum atomic E-state index is 12.5. The van der Waals surface area contributed by atoms with E-state index in [0.29, 0.717) is 30.0 Å². The second-order valence-electron chi connectivity index (χ2n) is 8.85. The van der Waals surface area contributed by atoms with Crippen molar-refractivity contribution >= 4 is 29.1 Å². The van der Waals surface area contributed by atoms with E-state index in [9.17, 15) is 14.4 Å². The molecular weight excluding hydrogens is 436 g/mol. The average molecular weight is 463 g/mol. The molecule has 10 heteroatoms. The summed E-state index contributed by atoms with van der Waals surface area (Å²) in [6.45, 7) is 5.88. The fourth-order valence-corrected chi connectivity index (χ4v) is 3.42. The Bertz CT molecular complexity index is 1420. The standard InChI is InChI=1S/C24H26N6O4/c1-24(2,3)34-23(33)25-10-9-16-7-8-19-26-17(15-29(19)14-16)12-21(31)28-18-13-22(32)30-11-5-4-6-20(30)27-18/h4-8,11,13-15H,9-10,12H2,1-3H3,(H,25,33)(H,28,31). The van der Waals surface area contributed by atoms with Crippen LogP contribution in [0.3, 0.4) is 0 Å². The number of pyridine rings is 2. The molecule has 10 nitrogen and oxygen atoms in total. The molecule has 2 N–H and O–H groups in total. The molecule has 0 saturated heterocycles. The van der Waals surface area contributed by atoms with Crippen LogP contribution < -0.4 is 16.2 Å². The van der Waals surface area contributed by atoms with E-state index in [1.807, 2.05) is 43.5 Å². The van der Waals surface area contributed by atoms with Crippen molar-refractivity contribution in [2.24, 2.45) is 0 Å². The quantitative estimate of drug-likeness (QED) is 0.455. The van der Waals surface area contributed by atoms with E-state index >= 15 is 0 Å². The van der Waals surface area contributed by atoms with Crippen molar-refractivity contribution in [2.45, 2.75) is 39.2 Å². The Kier molecular flexibility index (Phi) is 6.31. The number of carbonyl (C=O) groups is 2. The summed E-state index contributed by atoms with van der Waals surface area (Å²) in [7, 11) is 0. The van der Waals surface area contributed by atoms with Gasteiger partial charge >= 0.3 is 6.09 Å². The zero-order valence-corrected chi connectivity index (χ0v) is 19.2. The van der Waals surface area contributed by atoms with E-state index in [2.05, 4.69) is 20.6 Å². The van der Waals surface area contributed by atoms with Crippen molar-refractivity contribution in [1.29, 1.82) is 0 Å². The van der Waals surface area contributed by atoms with Crippen molar-refractivity contribution in [3.63, 3.8) is 0 Å². The molecule has 176 valence electrons. The lowest BCUT2D eigenvalue weighted by atomic mass is 10.2. The normalized spacial score (nSPS) is 11.5. The van der Waals surface area contributed by atoms with Gasteiger partial charge in [0, 0.05) is 31.2 Å². The molecule has 4 aromatic rings. The van der Waals surface area contributed by atoms with Crippen molar-refractivity contribution in [1.82, 2.24) is 24.1 Å². The molecule has 0 atom stereocenters. The second kappa shape index (κ2) is 9.34. The first-order valence-electron chi connectivity index (χ1n) is 10.9. The highest BCUT2D eigenvalue weighted by Crippen LogP contribution is 2.11. The van der Waals surface area contributed by atoms with Gasteiger partial charge in [-0.2, -0.15) is 0 Å². The Morgan fingerprint density at radius 1 is 1.06 bits per heavy atom. The number of nitrogens with zero attached hydrogens (tertiary/aromatic N) is 4. The van der Waals surface area contributed by atoms with Crippen molar-refractivity contribution in [3.05, 3.63) is 76.6 Å². The van der Waals surface area contributed by atoms with Gasteiger partial charge in [-0.15, -0.1) is 0 Å². The molecule has 0 aliphatic carbocycles. The number of nitrogens with one attached hydrogen (secondary N) is 2. The summed E-state index contributed by atoms with van der Waals surface area (Å²) in [6.07, 6.45) is 5.51. The van der Waals surface area contributed by atoms with E-state index in [1.165, 1.54) is 10.5 Å². The van der Waals surface area contributed by atoms with Crippen LogP contribution in [-0.2, 0) is 22.4 Å². The number of hydrogen-bond donors (Lipinski definition) is 2. The number of carbonyl (C=O) groups excluding carboxylic acids is 2. The van der Waals surface area contributed by atoms with E-state index in [4.69, 9.17) is 4.74 Å². The third kappa shape index (κ3) is 5.77. The first kappa shape index (κ1) is 23.0. The van der Waals surface area contributed by atoms with Gasteiger partial charge in [0.05, 0.1) is 12.1 Å². The minimum Gasteiger partial charge on any atom is -0.444 e. The molecule has 0 aromatic carbocycles. The smallest absolute Gasteiger partial charge is 0.407 e. The van der Waals surface area contributed by atoms with E-state index in [-0.39, 0.29) is 23.7 Å². The molecule has 0 fully saturated rings. The van der Waals surface area contributed by atoms with Gasteiger partial charge in [-0.3, -0.25) is 14.0 Å². The molecule has 0 radical (unpaired) electrons. The molecular formula is C24H26N6O4. The topological polar surface area (TPSA) is 119 Å². The largest absolute Gasteiger partial charge is 0.444 e. The molecule has 0 aliphatic rings. The average Bonchev–Trinajstić information content (AvgIpc) is 3.13. The summed E-state index contributed by atoms with van der Waals surface area (Å²) < 4.78 is 8.47. The van der Waals surface area contributed by atoms with E-state index < -0.39 is 11.7 Å². The Hall–Kier alpha value is -4.21. The van der Waals surface area contributed by atoms with Crippen LogP contribution in [-0.4, -0.2) is 42.9 Å². The summed E-state index contributed by atoms with van der Waals surface area (Å²) in [5.74, 6) is -0.123. The first-order chi connectivity index (χ1) is 16.2. The lowest BCUT2D eigenvalue weighted by molar-refractivity contribution is -0.115. The molecule has 0 unspecified atom stereocenters. The van der Waals surface area contributed by atoms with Gasteiger partial charge in [0.2, 0.25) is 5.91 Å². The highest BCUT2D eigenvalue weighted by molar-refractivity contribution is 5.91. The lowest BCUT2D eigenvalue weighted by Gasteiger charge is -2.19. The second-order valence-corrected chi connectivity index (χ2v) is 8.85. The summed E-state index contributed by atoms with van der Waals surface area (Å²) in [4.78, 5) is 45.3. The maximum absolute atomic E-state index is 12.5. The molecule has 0 bridgehead atoms. The number of anilines is 1. The zero-order chi connectivity index (χ0) is 24.3. The van der Waals surface area contributed by atoms with Gasteiger partial charge in [-0.05, 0) is 51.0 Å². The molecule has 0 spiro atoms. The minimum absolute atomic E-state index is 0.0348. The van der Waals surface area contributed by atoms with Gasteiger partial charge in [-0.1, -0.05) is 12.1 Å². The predicted octanol–water partition coefficient (Wildman–Crippen LogP) is 2.59. The van der Waals surface area contributed by atoms with Crippen LogP contribution in [0.25, 0.3) is 11.3 Å². The Labute approximate surface area is 195 Å². The van der Waals surface area contributed by atoms with Crippen molar-refractivity contribution in [3.8, 4) is 0 Å². The fourth-order valence-electron chi connectivity index (χ4n) is 3.42. The first-order valence-corrected chi connectivity index (χ1v) is 10.9. The van der Waals surface area contributed by atoms with Crippen molar-refractivity contribution in [2.75, 3.05) is 11.9 Å². The number of imidazole rings is 1. The minimum atomic E-state index is -0.539. The Morgan fingerprint density at radius 2 is 1.88 bits per heavy atom. The van der Waals surface area contributed by atoms with Gasteiger partial charge in [0.15, 0.2) is 0 Å². The molecule has 2 amide bonds. The highest BCUT2D eigenvalue weighted by atomic mass is 16.6. The van der Waals surface area contributed by atoms with Gasteiger partial charge < -0.3 is 19.8 Å². The molecule has 4 aromatic heterocycles. The number of alkyl carbamates (subject to hydrolysis) is 1. The van der Waals surface area contributed by atoms with E-state index in [1.54, 1.807) is 30.6 Å². The van der Waals surface area contributed by atoms with Crippen LogP contribution >= 0.6 is 0 Å². The molecule has 34 heavy (non-hydrogen) atoms. The van der Waals surface area contributed by atoms with Crippen LogP contribution in [0.1, 0.15) is 32.0 Å². The van der Waals surface area contributed by atoms with Gasteiger partial charge in [-0.25, -0.2) is 14.8 Å². The van der Waals surface area contributed by atoms with Crippen LogP contribution in [0.2, 0.25) is 0 Å². The van der Waals surface area contributed by atoms with Crippen LogP contribution in [0.15, 0.2) is 59.8 Å². The van der Waals surface area contributed by atoms with Crippen LogP contribution in [0.5, 0.6) is 0 Å². The number of fused-ring (bicyclic) bond motifs is 2. The number of hydrogen-bond acceptors (Lipinski definition) is 6. The number of aromatic nitrogens is 4. The predicted molar refractivity (Wildman–Crippen MR) is 127 cm³/mol. The number of amides is 2. The summed E-state index contributed by atoms with van der Waals surface area (Å²) in [5, 5.41) is 5.41. The van der Waals surface area contributed by atoms with E-state index in [0.717, 1.165) is 5.56 Å².